The first-order chi connectivity index (χ1) is 12.5. The van der Waals surface area contributed by atoms with Gasteiger partial charge in [0, 0.05) is 36.3 Å². The number of amides is 1. The number of hydrogen-bond acceptors (Lipinski definition) is 4. The molecule has 0 aliphatic carbocycles. The summed E-state index contributed by atoms with van der Waals surface area (Å²) < 4.78 is 14.0. The minimum Gasteiger partial charge on any atom is -0.363 e. The molecule has 1 amide bonds. The summed E-state index contributed by atoms with van der Waals surface area (Å²) in [7, 11) is 0. The second-order valence-corrected chi connectivity index (χ2v) is 6.59. The number of nitrogens with zero attached hydrogens (tertiary/aromatic N) is 3. The molecule has 5 nitrogen and oxygen atoms in total. The monoisotopic (exact) mass is 352 g/mol. The van der Waals surface area contributed by atoms with Crippen LogP contribution in [0.15, 0.2) is 36.5 Å². The molecule has 0 radical (unpaired) electrons. The van der Waals surface area contributed by atoms with Crippen LogP contribution in [-0.2, 0) is 4.79 Å². The lowest BCUT2D eigenvalue weighted by molar-refractivity contribution is -0.117. The molecule has 0 spiro atoms. The zero-order chi connectivity index (χ0) is 18.8. The van der Waals surface area contributed by atoms with Crippen LogP contribution in [0.3, 0.4) is 0 Å². The Balaban J connectivity index is 2.05. The summed E-state index contributed by atoms with van der Waals surface area (Å²) in [5, 5.41) is 12.3. The van der Waals surface area contributed by atoms with Crippen molar-refractivity contribution in [1.29, 1.82) is 5.26 Å². The number of hydrogen-bond donors (Lipinski definition) is 1. The molecule has 0 saturated carbocycles. The Labute approximate surface area is 152 Å². The quantitative estimate of drug-likeness (QED) is 0.905. The van der Waals surface area contributed by atoms with E-state index in [1.54, 1.807) is 30.0 Å². The van der Waals surface area contributed by atoms with Gasteiger partial charge in [-0.15, -0.1) is 0 Å². The lowest BCUT2D eigenvalue weighted by Crippen LogP contribution is -2.49. The number of halogens is 1. The maximum Gasteiger partial charge on any atom is 0.224 e. The van der Waals surface area contributed by atoms with Gasteiger partial charge in [0.05, 0.1) is 11.6 Å². The van der Waals surface area contributed by atoms with Gasteiger partial charge in [-0.25, -0.2) is 9.37 Å². The molecule has 1 aromatic heterocycles. The summed E-state index contributed by atoms with van der Waals surface area (Å²) in [5.41, 5.74) is 1.95. The summed E-state index contributed by atoms with van der Waals surface area (Å²) >= 11 is 0. The molecule has 6 heteroatoms. The summed E-state index contributed by atoms with van der Waals surface area (Å²) in [5.74, 6) is 0.276. The smallest absolute Gasteiger partial charge is 0.224 e. The molecule has 3 atom stereocenters. The van der Waals surface area contributed by atoms with Crippen molar-refractivity contribution in [2.75, 3.05) is 10.2 Å². The zero-order valence-corrected chi connectivity index (χ0v) is 15.0. The predicted molar refractivity (Wildman–Crippen MR) is 98.1 cm³/mol. The van der Waals surface area contributed by atoms with Crippen molar-refractivity contribution in [1.82, 2.24) is 4.98 Å². The van der Waals surface area contributed by atoms with Gasteiger partial charge in [-0.3, -0.25) is 4.79 Å². The molecule has 1 unspecified atom stereocenters. The number of nitrogens with one attached hydrogen (secondary N) is 1. The van der Waals surface area contributed by atoms with Gasteiger partial charge in [0.2, 0.25) is 5.91 Å². The van der Waals surface area contributed by atoms with E-state index < -0.39 is 0 Å². The maximum atomic E-state index is 14.0. The fourth-order valence-electron chi connectivity index (χ4n) is 3.78. The molecule has 1 aromatic carbocycles. The third-order valence-corrected chi connectivity index (χ3v) is 5.00. The van der Waals surface area contributed by atoms with E-state index in [-0.39, 0.29) is 29.7 Å². The molecule has 0 saturated heterocycles. The van der Waals surface area contributed by atoms with E-state index in [0.717, 1.165) is 17.7 Å². The highest BCUT2D eigenvalue weighted by molar-refractivity contribution is 5.94. The molecular weight excluding hydrogens is 331 g/mol. The number of benzene rings is 1. The molecule has 1 aliphatic heterocycles. The number of rotatable bonds is 3. The normalized spacial score (nSPS) is 21.7. The van der Waals surface area contributed by atoms with Crippen LogP contribution in [-0.4, -0.2) is 16.9 Å². The number of fused-ring (bicyclic) bond motifs is 1. The van der Waals surface area contributed by atoms with Crippen molar-refractivity contribution in [2.45, 2.75) is 39.3 Å². The van der Waals surface area contributed by atoms with Gasteiger partial charge >= 0.3 is 0 Å². The first-order valence-corrected chi connectivity index (χ1v) is 8.68. The molecule has 1 N–H and O–H groups in total. The molecule has 134 valence electrons. The second-order valence-electron chi connectivity index (χ2n) is 6.59. The summed E-state index contributed by atoms with van der Waals surface area (Å²) in [6, 6.07) is 9.81. The molecule has 0 fully saturated rings. The lowest BCUT2D eigenvalue weighted by Gasteiger charge is -2.45. The number of pyridine rings is 1. The molecule has 2 heterocycles. The SMILES string of the molecule is CC[C@H]1[C@H](C)C(Nc2ccc(C#N)cn2)c2cc(F)ccc2N1C(C)=O. The minimum absolute atomic E-state index is 0.00124. The summed E-state index contributed by atoms with van der Waals surface area (Å²) in [4.78, 5) is 18.3. The topological polar surface area (TPSA) is 69.0 Å². The second kappa shape index (κ2) is 7.12. The Morgan fingerprint density at radius 2 is 2.15 bits per heavy atom. The van der Waals surface area contributed by atoms with Gasteiger partial charge in [0.25, 0.3) is 0 Å². The Morgan fingerprint density at radius 3 is 2.73 bits per heavy atom. The summed E-state index contributed by atoms with van der Waals surface area (Å²) in [6.45, 7) is 5.64. The van der Waals surface area contributed by atoms with Crippen LogP contribution in [0.5, 0.6) is 0 Å². The van der Waals surface area contributed by atoms with Crippen molar-refractivity contribution >= 4 is 17.4 Å². The standard InChI is InChI=1S/C20H21FN4O/c1-4-17-12(2)20(24-19-8-5-14(10-22)11-23-19)16-9-15(21)6-7-18(16)25(17)13(3)26/h5-9,11-12,17,20H,4H2,1-3H3,(H,23,24)/t12-,17-,20?/m0/s1. The molecule has 2 aromatic rings. The molecule has 1 aliphatic rings. The highest BCUT2D eigenvalue weighted by Gasteiger charge is 2.39. The van der Waals surface area contributed by atoms with Gasteiger partial charge in [0.1, 0.15) is 17.7 Å². The zero-order valence-electron chi connectivity index (χ0n) is 15.0. The lowest BCUT2D eigenvalue weighted by atomic mass is 9.81. The Kier molecular flexibility index (Phi) is 4.90. The van der Waals surface area contributed by atoms with Crippen LogP contribution in [0.25, 0.3) is 0 Å². The van der Waals surface area contributed by atoms with E-state index in [2.05, 4.69) is 17.2 Å². The van der Waals surface area contributed by atoms with Crippen LogP contribution in [0.4, 0.5) is 15.9 Å². The van der Waals surface area contributed by atoms with Crippen LogP contribution < -0.4 is 10.2 Å². The largest absolute Gasteiger partial charge is 0.363 e. The molecular formula is C20H21FN4O. The molecule has 0 bridgehead atoms. The van der Waals surface area contributed by atoms with Crippen molar-refractivity contribution in [3.63, 3.8) is 0 Å². The number of aromatic nitrogens is 1. The number of anilines is 2. The van der Waals surface area contributed by atoms with Crippen LogP contribution in [0, 0.1) is 23.1 Å². The average molecular weight is 352 g/mol. The van der Waals surface area contributed by atoms with Gasteiger partial charge in [-0.2, -0.15) is 5.26 Å². The average Bonchev–Trinajstić information content (AvgIpc) is 2.63. The molecule has 3 rings (SSSR count). The number of carbonyl (C=O) groups is 1. The van der Waals surface area contributed by atoms with Crippen molar-refractivity contribution < 1.29 is 9.18 Å². The third kappa shape index (κ3) is 3.13. The fourth-order valence-corrected chi connectivity index (χ4v) is 3.78. The van der Waals surface area contributed by atoms with E-state index in [1.807, 2.05) is 13.0 Å². The summed E-state index contributed by atoms with van der Waals surface area (Å²) in [6.07, 6.45) is 2.29. The highest BCUT2D eigenvalue weighted by Crippen LogP contribution is 2.43. The highest BCUT2D eigenvalue weighted by atomic mass is 19.1. The van der Waals surface area contributed by atoms with Crippen LogP contribution in [0.2, 0.25) is 0 Å². The Bertz CT molecular complexity index is 859. The van der Waals surface area contributed by atoms with Crippen molar-refractivity contribution in [3.05, 3.63) is 53.5 Å². The van der Waals surface area contributed by atoms with Crippen molar-refractivity contribution in [3.8, 4) is 6.07 Å². The fraction of sp³-hybridized carbons (Fsp3) is 0.350. The van der Waals surface area contributed by atoms with Crippen LogP contribution in [0.1, 0.15) is 44.4 Å². The Morgan fingerprint density at radius 1 is 1.38 bits per heavy atom. The first-order valence-electron chi connectivity index (χ1n) is 8.68. The Hall–Kier alpha value is -2.94. The van der Waals surface area contributed by atoms with Gasteiger partial charge in [0.15, 0.2) is 0 Å². The molecule has 26 heavy (non-hydrogen) atoms. The van der Waals surface area contributed by atoms with Crippen LogP contribution >= 0.6 is 0 Å². The van der Waals surface area contributed by atoms with E-state index >= 15 is 0 Å². The number of nitriles is 1. The van der Waals surface area contributed by atoms with E-state index in [0.29, 0.717) is 11.4 Å². The minimum atomic E-state index is -0.339. The van der Waals surface area contributed by atoms with E-state index in [9.17, 15) is 9.18 Å². The first kappa shape index (κ1) is 17.9. The van der Waals surface area contributed by atoms with Gasteiger partial charge in [-0.1, -0.05) is 13.8 Å². The maximum absolute atomic E-state index is 14.0. The number of carbonyl (C=O) groups excluding carboxylic acids is 1. The van der Waals surface area contributed by atoms with E-state index in [1.165, 1.54) is 18.3 Å². The van der Waals surface area contributed by atoms with Gasteiger partial charge in [-0.05, 0) is 36.8 Å². The van der Waals surface area contributed by atoms with Crippen molar-refractivity contribution in [2.24, 2.45) is 5.92 Å². The third-order valence-electron chi connectivity index (χ3n) is 5.00. The van der Waals surface area contributed by atoms with Gasteiger partial charge < -0.3 is 10.2 Å². The van der Waals surface area contributed by atoms with E-state index in [4.69, 9.17) is 5.26 Å². The predicted octanol–water partition coefficient (Wildman–Crippen LogP) is 4.03.